The number of aryl methyl sites for hydroxylation is 2. The lowest BCUT2D eigenvalue weighted by molar-refractivity contribution is 0.0122. The Morgan fingerprint density at radius 1 is 1.33 bits per heavy atom. The number of rotatable bonds is 4. The SMILES string of the molecule is Cc1nc2sc(C(=O)NC3CCc4nc(N5CC(N)C(C)(C(F)F)C5)ccc4C3)c(N)c2s1. The van der Waals surface area contributed by atoms with Crippen LogP contribution in [0.4, 0.5) is 20.3 Å². The largest absolute Gasteiger partial charge is 0.396 e. The molecule has 1 aliphatic carbocycles. The highest BCUT2D eigenvalue weighted by Crippen LogP contribution is 2.39. The summed E-state index contributed by atoms with van der Waals surface area (Å²) in [6, 6.07) is 3.23. The van der Waals surface area contributed by atoms with E-state index in [-0.39, 0.29) is 18.5 Å². The molecular weight excluding hydrogens is 466 g/mol. The number of nitrogens with one attached hydrogen (secondary N) is 1. The van der Waals surface area contributed by atoms with Crippen molar-refractivity contribution in [2.45, 2.75) is 51.6 Å². The molecule has 33 heavy (non-hydrogen) atoms. The van der Waals surface area contributed by atoms with Gasteiger partial charge in [-0.25, -0.2) is 18.7 Å². The van der Waals surface area contributed by atoms with Gasteiger partial charge in [-0.3, -0.25) is 4.79 Å². The number of thiazole rings is 1. The molecule has 0 aromatic carbocycles. The number of hydrogen-bond donors (Lipinski definition) is 3. The molecule has 0 spiro atoms. The number of nitrogens with zero attached hydrogens (tertiary/aromatic N) is 3. The topological polar surface area (TPSA) is 110 Å². The van der Waals surface area contributed by atoms with E-state index in [9.17, 15) is 13.6 Å². The summed E-state index contributed by atoms with van der Waals surface area (Å²) in [5.74, 6) is 0.515. The average Bonchev–Trinajstić information content (AvgIpc) is 3.39. The Morgan fingerprint density at radius 3 is 2.82 bits per heavy atom. The lowest BCUT2D eigenvalue weighted by Crippen LogP contribution is -2.43. The lowest BCUT2D eigenvalue weighted by atomic mass is 9.86. The van der Waals surface area contributed by atoms with Crippen molar-refractivity contribution >= 4 is 49.6 Å². The van der Waals surface area contributed by atoms with Gasteiger partial charge in [0.2, 0.25) is 6.43 Å². The number of carbonyl (C=O) groups is 1. The van der Waals surface area contributed by atoms with Gasteiger partial charge in [0.05, 0.1) is 20.8 Å². The number of halogens is 2. The van der Waals surface area contributed by atoms with Crippen molar-refractivity contribution < 1.29 is 13.6 Å². The number of nitrogens with two attached hydrogens (primary N) is 2. The fraction of sp³-hybridized carbons (Fsp3) is 0.500. The Morgan fingerprint density at radius 2 is 2.12 bits per heavy atom. The summed E-state index contributed by atoms with van der Waals surface area (Å²) in [5, 5.41) is 4.04. The molecule has 1 fully saturated rings. The van der Waals surface area contributed by atoms with Gasteiger partial charge in [-0.15, -0.1) is 22.7 Å². The number of anilines is 2. The zero-order valence-corrected chi connectivity index (χ0v) is 20.0. The number of hydrogen-bond acceptors (Lipinski definition) is 8. The van der Waals surface area contributed by atoms with E-state index in [4.69, 9.17) is 16.5 Å². The molecule has 7 nitrogen and oxygen atoms in total. The van der Waals surface area contributed by atoms with Crippen molar-refractivity contribution in [1.82, 2.24) is 15.3 Å². The maximum atomic E-state index is 13.5. The first-order chi connectivity index (χ1) is 15.7. The van der Waals surface area contributed by atoms with E-state index < -0.39 is 17.9 Å². The quantitative estimate of drug-likeness (QED) is 0.515. The van der Waals surface area contributed by atoms with Gasteiger partial charge in [-0.1, -0.05) is 13.0 Å². The standard InChI is InChI=1S/C22H26F2N6OS2/c1-10-27-20-18(32-10)16(26)17(33-20)19(31)28-12-4-5-13-11(7-12)3-6-15(29-13)30-8-14(25)22(2,9-30)21(23)24/h3,6,12,14,21H,4-5,7-9,25-26H2,1-2H3,(H,28,31). The second-order valence-corrected chi connectivity index (χ2v) is 11.4. The minimum Gasteiger partial charge on any atom is -0.396 e. The van der Waals surface area contributed by atoms with Crippen LogP contribution in [-0.2, 0) is 12.8 Å². The van der Waals surface area contributed by atoms with Gasteiger partial charge >= 0.3 is 0 Å². The molecular formula is C22H26F2N6OS2. The highest BCUT2D eigenvalue weighted by atomic mass is 32.1. The molecule has 176 valence electrons. The summed E-state index contributed by atoms with van der Waals surface area (Å²) < 4.78 is 27.9. The molecule has 3 atom stereocenters. The number of alkyl halides is 2. The van der Waals surface area contributed by atoms with Crippen LogP contribution in [0, 0.1) is 12.3 Å². The molecule has 1 amide bonds. The van der Waals surface area contributed by atoms with Crippen LogP contribution in [-0.4, -0.2) is 47.5 Å². The highest BCUT2D eigenvalue weighted by molar-refractivity contribution is 7.29. The van der Waals surface area contributed by atoms with Crippen molar-refractivity contribution in [3.8, 4) is 0 Å². The summed E-state index contributed by atoms with van der Waals surface area (Å²) in [6.07, 6.45) is -0.358. The number of amides is 1. The fourth-order valence-electron chi connectivity index (χ4n) is 4.66. The van der Waals surface area contributed by atoms with Gasteiger partial charge in [0.25, 0.3) is 5.91 Å². The predicted molar refractivity (Wildman–Crippen MR) is 128 cm³/mol. The second-order valence-electron chi connectivity index (χ2n) is 9.19. The number of thiophene rings is 1. The smallest absolute Gasteiger partial charge is 0.263 e. The summed E-state index contributed by atoms with van der Waals surface area (Å²) in [5.41, 5.74) is 13.5. The molecule has 2 aliphatic rings. The van der Waals surface area contributed by atoms with Crippen LogP contribution in [0.15, 0.2) is 12.1 Å². The molecule has 3 unspecified atom stereocenters. The van der Waals surface area contributed by atoms with Crippen molar-refractivity contribution in [2.24, 2.45) is 11.1 Å². The predicted octanol–water partition coefficient (Wildman–Crippen LogP) is 3.35. The van der Waals surface area contributed by atoms with E-state index in [1.807, 2.05) is 24.0 Å². The molecule has 3 aromatic heterocycles. The van der Waals surface area contributed by atoms with E-state index in [1.165, 1.54) is 29.6 Å². The second kappa shape index (κ2) is 8.14. The Bertz CT molecular complexity index is 1230. The van der Waals surface area contributed by atoms with Crippen molar-refractivity contribution in [1.29, 1.82) is 0 Å². The van der Waals surface area contributed by atoms with Gasteiger partial charge in [0, 0.05) is 30.9 Å². The zero-order chi connectivity index (χ0) is 23.5. The number of nitrogen functional groups attached to an aromatic ring is 1. The fourth-order valence-corrected chi connectivity index (χ4v) is 6.76. The third-order valence-electron chi connectivity index (χ3n) is 6.80. The van der Waals surface area contributed by atoms with Crippen LogP contribution >= 0.6 is 22.7 Å². The molecule has 0 bridgehead atoms. The molecule has 5 N–H and O–H groups in total. The summed E-state index contributed by atoms with van der Waals surface area (Å²) >= 11 is 2.83. The van der Waals surface area contributed by atoms with Gasteiger partial charge in [0.1, 0.15) is 15.5 Å². The lowest BCUT2D eigenvalue weighted by Gasteiger charge is -2.28. The van der Waals surface area contributed by atoms with Crippen LogP contribution in [0.25, 0.3) is 9.53 Å². The molecule has 3 aromatic rings. The summed E-state index contributed by atoms with van der Waals surface area (Å²) in [7, 11) is 0. The van der Waals surface area contributed by atoms with Gasteiger partial charge < -0.3 is 21.7 Å². The Hall–Kier alpha value is -2.37. The van der Waals surface area contributed by atoms with Crippen LogP contribution in [0.3, 0.4) is 0 Å². The van der Waals surface area contributed by atoms with Crippen molar-refractivity contribution in [3.05, 3.63) is 33.3 Å². The molecule has 4 heterocycles. The van der Waals surface area contributed by atoms with Crippen molar-refractivity contribution in [2.75, 3.05) is 23.7 Å². The van der Waals surface area contributed by atoms with E-state index in [0.717, 1.165) is 32.2 Å². The third-order valence-corrected chi connectivity index (χ3v) is 9.03. The average molecular weight is 493 g/mol. The third kappa shape index (κ3) is 3.85. The number of carbonyl (C=O) groups excluding carboxylic acids is 1. The van der Waals surface area contributed by atoms with Crippen LogP contribution in [0.2, 0.25) is 0 Å². The highest BCUT2D eigenvalue weighted by Gasteiger charge is 2.48. The molecule has 5 rings (SSSR count). The zero-order valence-electron chi connectivity index (χ0n) is 18.4. The molecule has 0 saturated carbocycles. The number of pyridine rings is 1. The van der Waals surface area contributed by atoms with Gasteiger partial charge in [0.15, 0.2) is 0 Å². The van der Waals surface area contributed by atoms with Gasteiger partial charge in [-0.2, -0.15) is 0 Å². The number of fused-ring (bicyclic) bond motifs is 2. The van der Waals surface area contributed by atoms with Gasteiger partial charge in [-0.05, 0) is 37.8 Å². The van der Waals surface area contributed by atoms with E-state index in [0.29, 0.717) is 35.8 Å². The van der Waals surface area contributed by atoms with Crippen LogP contribution in [0.5, 0.6) is 0 Å². The molecule has 1 saturated heterocycles. The van der Waals surface area contributed by atoms with Crippen LogP contribution in [0.1, 0.15) is 39.3 Å². The first kappa shape index (κ1) is 22.4. The molecule has 1 aliphatic heterocycles. The van der Waals surface area contributed by atoms with Crippen LogP contribution < -0.4 is 21.7 Å². The first-order valence-corrected chi connectivity index (χ1v) is 12.5. The monoisotopic (exact) mass is 492 g/mol. The molecule has 11 heteroatoms. The number of aromatic nitrogens is 2. The Balaban J connectivity index is 1.27. The maximum absolute atomic E-state index is 13.5. The minimum atomic E-state index is -2.48. The van der Waals surface area contributed by atoms with E-state index >= 15 is 0 Å². The van der Waals surface area contributed by atoms with Crippen molar-refractivity contribution in [3.63, 3.8) is 0 Å². The Kier molecular flexibility index (Phi) is 5.53. The summed E-state index contributed by atoms with van der Waals surface area (Å²) in [4.78, 5) is 25.2. The minimum absolute atomic E-state index is 0.0192. The maximum Gasteiger partial charge on any atom is 0.263 e. The first-order valence-electron chi connectivity index (χ1n) is 10.9. The normalized spacial score (nSPS) is 25.1. The van der Waals surface area contributed by atoms with E-state index in [2.05, 4.69) is 10.3 Å². The Labute approximate surface area is 198 Å². The van der Waals surface area contributed by atoms with E-state index in [1.54, 1.807) is 0 Å². The summed E-state index contributed by atoms with van der Waals surface area (Å²) in [6.45, 7) is 4.00. The molecule has 0 radical (unpaired) electrons.